The highest BCUT2D eigenvalue weighted by Crippen LogP contribution is 2.25. The molecule has 0 bridgehead atoms. The molecule has 0 aromatic heterocycles. The zero-order valence-corrected chi connectivity index (χ0v) is 14.1. The lowest BCUT2D eigenvalue weighted by molar-refractivity contribution is 0.136. The molecule has 1 saturated heterocycles. The number of piperidine rings is 1. The first-order valence-corrected chi connectivity index (χ1v) is 8.82. The molecule has 1 heterocycles. The maximum atomic E-state index is 2.59. The van der Waals surface area contributed by atoms with Crippen LogP contribution < -0.4 is 0 Å². The van der Waals surface area contributed by atoms with Crippen LogP contribution in [0.1, 0.15) is 36.8 Å². The lowest BCUT2D eigenvalue weighted by Gasteiger charge is -2.38. The van der Waals surface area contributed by atoms with Crippen LogP contribution in [0, 0.1) is 0 Å². The van der Waals surface area contributed by atoms with Crippen LogP contribution in [0.2, 0.25) is 0 Å². The SMILES string of the molecule is CN1[C@@H](CCc2ccccc2)CCC[C@@H]1/C=C/c1ccccc1. The molecule has 2 aromatic carbocycles. The second-order valence-electron chi connectivity index (χ2n) is 6.61. The molecule has 0 aliphatic carbocycles. The zero-order chi connectivity index (χ0) is 15.9. The summed E-state index contributed by atoms with van der Waals surface area (Å²) in [6, 6.07) is 22.8. The van der Waals surface area contributed by atoms with Crippen LogP contribution in [0.3, 0.4) is 0 Å². The van der Waals surface area contributed by atoms with Crippen molar-refractivity contribution in [1.29, 1.82) is 0 Å². The summed E-state index contributed by atoms with van der Waals surface area (Å²) >= 11 is 0. The van der Waals surface area contributed by atoms with Crippen molar-refractivity contribution in [3.8, 4) is 0 Å². The third kappa shape index (κ3) is 4.56. The Labute approximate surface area is 140 Å². The van der Waals surface area contributed by atoms with Gasteiger partial charge in [0.15, 0.2) is 0 Å². The highest BCUT2D eigenvalue weighted by molar-refractivity contribution is 5.49. The summed E-state index contributed by atoms with van der Waals surface area (Å²) in [4.78, 5) is 2.59. The Bertz CT molecular complexity index is 602. The van der Waals surface area contributed by atoms with Gasteiger partial charge in [0.2, 0.25) is 0 Å². The fraction of sp³-hybridized carbons (Fsp3) is 0.364. The molecule has 2 atom stereocenters. The van der Waals surface area contributed by atoms with E-state index in [1.54, 1.807) is 0 Å². The molecule has 1 heteroatoms. The van der Waals surface area contributed by atoms with E-state index in [-0.39, 0.29) is 0 Å². The smallest absolute Gasteiger partial charge is 0.0281 e. The van der Waals surface area contributed by atoms with Crippen LogP contribution in [0.4, 0.5) is 0 Å². The van der Waals surface area contributed by atoms with E-state index in [2.05, 4.69) is 84.8 Å². The minimum Gasteiger partial charge on any atom is -0.297 e. The van der Waals surface area contributed by atoms with Crippen molar-refractivity contribution in [3.05, 3.63) is 77.9 Å². The topological polar surface area (TPSA) is 3.24 Å². The number of likely N-dealkylation sites (N-methyl/N-ethyl adjacent to an activating group) is 1. The van der Waals surface area contributed by atoms with E-state index in [1.807, 2.05) is 0 Å². The molecule has 0 N–H and O–H groups in total. The lowest BCUT2D eigenvalue weighted by Crippen LogP contribution is -2.43. The van der Waals surface area contributed by atoms with Crippen LogP contribution in [0.25, 0.3) is 6.08 Å². The van der Waals surface area contributed by atoms with Gasteiger partial charge in [-0.2, -0.15) is 0 Å². The quantitative estimate of drug-likeness (QED) is 0.735. The first kappa shape index (κ1) is 16.0. The van der Waals surface area contributed by atoms with Gasteiger partial charge >= 0.3 is 0 Å². The van der Waals surface area contributed by atoms with Crippen molar-refractivity contribution in [2.75, 3.05) is 7.05 Å². The predicted molar refractivity (Wildman–Crippen MR) is 99.4 cm³/mol. The van der Waals surface area contributed by atoms with Gasteiger partial charge < -0.3 is 0 Å². The van der Waals surface area contributed by atoms with E-state index in [9.17, 15) is 0 Å². The van der Waals surface area contributed by atoms with Crippen molar-refractivity contribution >= 4 is 6.08 Å². The minimum atomic E-state index is 0.574. The number of benzene rings is 2. The summed E-state index contributed by atoms with van der Waals surface area (Å²) in [6.07, 6.45) is 11.1. The molecule has 0 spiro atoms. The molecule has 0 amide bonds. The first-order chi connectivity index (χ1) is 11.3. The third-order valence-corrected chi connectivity index (χ3v) is 5.06. The lowest BCUT2D eigenvalue weighted by atomic mass is 9.91. The molecule has 1 aliphatic heterocycles. The molecule has 0 radical (unpaired) electrons. The van der Waals surface area contributed by atoms with E-state index in [0.717, 1.165) is 0 Å². The summed E-state index contributed by atoms with van der Waals surface area (Å²) in [7, 11) is 2.30. The van der Waals surface area contributed by atoms with Crippen molar-refractivity contribution in [1.82, 2.24) is 4.90 Å². The van der Waals surface area contributed by atoms with Crippen LogP contribution in [-0.4, -0.2) is 24.0 Å². The van der Waals surface area contributed by atoms with Crippen molar-refractivity contribution in [2.24, 2.45) is 0 Å². The van der Waals surface area contributed by atoms with Gasteiger partial charge in [0.05, 0.1) is 0 Å². The Hall–Kier alpha value is -1.86. The second-order valence-corrected chi connectivity index (χ2v) is 6.61. The Balaban J connectivity index is 1.57. The Morgan fingerprint density at radius 2 is 1.65 bits per heavy atom. The number of hydrogen-bond donors (Lipinski definition) is 0. The van der Waals surface area contributed by atoms with Gasteiger partial charge in [-0.15, -0.1) is 0 Å². The van der Waals surface area contributed by atoms with E-state index < -0.39 is 0 Å². The number of nitrogens with zero attached hydrogens (tertiary/aromatic N) is 1. The van der Waals surface area contributed by atoms with Crippen molar-refractivity contribution in [2.45, 2.75) is 44.2 Å². The standard InChI is InChI=1S/C22H27N/c1-23-21(17-15-19-9-4-2-5-10-19)13-8-14-22(23)18-16-20-11-6-3-7-12-20/h2-7,9-12,15,17,21-22H,8,13-14,16,18H2,1H3/b17-15+/t21-,22-/m1/s1. The Morgan fingerprint density at radius 1 is 0.957 bits per heavy atom. The summed E-state index contributed by atoms with van der Waals surface area (Å²) in [6.45, 7) is 0. The zero-order valence-electron chi connectivity index (χ0n) is 14.1. The largest absolute Gasteiger partial charge is 0.297 e. The average molecular weight is 305 g/mol. The summed E-state index contributed by atoms with van der Waals surface area (Å²) in [5.74, 6) is 0. The normalized spacial score (nSPS) is 22.5. The van der Waals surface area contributed by atoms with Crippen LogP contribution >= 0.6 is 0 Å². The van der Waals surface area contributed by atoms with E-state index >= 15 is 0 Å². The van der Waals surface area contributed by atoms with Gasteiger partial charge in [-0.05, 0) is 43.9 Å². The molecule has 2 aromatic rings. The van der Waals surface area contributed by atoms with Gasteiger partial charge in [-0.1, -0.05) is 79.2 Å². The monoisotopic (exact) mass is 305 g/mol. The predicted octanol–water partition coefficient (Wildman–Crippen LogP) is 5.19. The van der Waals surface area contributed by atoms with Gasteiger partial charge in [-0.3, -0.25) is 4.90 Å². The summed E-state index contributed by atoms with van der Waals surface area (Å²) in [5, 5.41) is 0. The molecular formula is C22H27N. The number of aryl methyl sites for hydroxylation is 1. The highest BCUT2D eigenvalue weighted by atomic mass is 15.2. The maximum Gasteiger partial charge on any atom is 0.0281 e. The van der Waals surface area contributed by atoms with Crippen LogP contribution in [-0.2, 0) is 6.42 Å². The highest BCUT2D eigenvalue weighted by Gasteiger charge is 2.25. The second kappa shape index (κ2) is 8.12. The molecule has 23 heavy (non-hydrogen) atoms. The fourth-order valence-corrected chi connectivity index (χ4v) is 3.58. The molecule has 120 valence electrons. The molecular weight excluding hydrogens is 278 g/mol. The van der Waals surface area contributed by atoms with Crippen molar-refractivity contribution < 1.29 is 0 Å². The van der Waals surface area contributed by atoms with E-state index in [1.165, 1.54) is 43.2 Å². The van der Waals surface area contributed by atoms with Gasteiger partial charge in [0, 0.05) is 12.1 Å². The van der Waals surface area contributed by atoms with E-state index in [4.69, 9.17) is 0 Å². The maximum absolute atomic E-state index is 2.59. The number of rotatable bonds is 5. The third-order valence-electron chi connectivity index (χ3n) is 5.06. The van der Waals surface area contributed by atoms with Crippen LogP contribution in [0.15, 0.2) is 66.7 Å². The van der Waals surface area contributed by atoms with Gasteiger partial charge in [-0.25, -0.2) is 0 Å². The van der Waals surface area contributed by atoms with Crippen LogP contribution in [0.5, 0.6) is 0 Å². The summed E-state index contributed by atoms with van der Waals surface area (Å²) in [5.41, 5.74) is 2.76. The minimum absolute atomic E-state index is 0.574. The van der Waals surface area contributed by atoms with Crippen molar-refractivity contribution in [3.63, 3.8) is 0 Å². The molecule has 0 saturated carbocycles. The molecule has 3 rings (SSSR count). The summed E-state index contributed by atoms with van der Waals surface area (Å²) < 4.78 is 0. The number of likely N-dealkylation sites (tertiary alicyclic amines) is 1. The molecule has 1 nitrogen and oxygen atoms in total. The van der Waals surface area contributed by atoms with Gasteiger partial charge in [0.1, 0.15) is 0 Å². The first-order valence-electron chi connectivity index (χ1n) is 8.82. The van der Waals surface area contributed by atoms with E-state index in [0.29, 0.717) is 12.1 Å². The Morgan fingerprint density at radius 3 is 2.39 bits per heavy atom. The average Bonchev–Trinajstić information content (AvgIpc) is 2.61. The molecule has 0 unspecified atom stereocenters. The van der Waals surface area contributed by atoms with Gasteiger partial charge in [0.25, 0.3) is 0 Å². The number of hydrogen-bond acceptors (Lipinski definition) is 1. The molecule has 1 fully saturated rings. The fourth-order valence-electron chi connectivity index (χ4n) is 3.58. The Kier molecular flexibility index (Phi) is 5.65. The molecule has 1 aliphatic rings.